The normalized spacial score (nSPS) is 11.9. The highest BCUT2D eigenvalue weighted by atomic mass is 79.9. The summed E-state index contributed by atoms with van der Waals surface area (Å²) in [6.07, 6.45) is 0. The van der Waals surface area contributed by atoms with Crippen molar-refractivity contribution in [3.05, 3.63) is 58.6 Å². The second-order valence-corrected chi connectivity index (χ2v) is 8.86. The Balaban J connectivity index is 1.59. The van der Waals surface area contributed by atoms with Crippen molar-refractivity contribution in [3.63, 3.8) is 0 Å². The first-order chi connectivity index (χ1) is 12.9. The monoisotopic (exact) mass is 470 g/mol. The average Bonchev–Trinajstić information content (AvgIpc) is 3.04. The number of nitrogens with zero attached hydrogens (tertiary/aromatic N) is 2. The topological polar surface area (TPSA) is 66.9 Å². The van der Waals surface area contributed by atoms with Crippen LogP contribution in [0.1, 0.15) is 6.92 Å². The van der Waals surface area contributed by atoms with E-state index in [0.717, 1.165) is 22.3 Å². The lowest BCUT2D eigenvalue weighted by atomic mass is 10.3. The molecule has 140 valence electrons. The van der Waals surface area contributed by atoms with E-state index >= 15 is 0 Å². The first-order valence-electron chi connectivity index (χ1n) is 7.69. The number of carbonyl (C=O) groups is 1. The van der Waals surface area contributed by atoms with Crippen LogP contribution in [0.15, 0.2) is 51.3 Å². The number of aromatic nitrogens is 2. The number of benzene rings is 2. The third-order valence-corrected chi connectivity index (χ3v) is 5.83. The van der Waals surface area contributed by atoms with E-state index in [1.165, 1.54) is 29.2 Å². The molecule has 5 nitrogen and oxygen atoms in total. The lowest BCUT2D eigenvalue weighted by Gasteiger charge is -2.10. The number of carbonyl (C=O) groups excluding carboxylic acids is 1. The fourth-order valence-electron chi connectivity index (χ4n) is 2.03. The molecular weight excluding hydrogens is 458 g/mol. The van der Waals surface area contributed by atoms with Gasteiger partial charge in [0, 0.05) is 16.2 Å². The number of hydrogen-bond donors (Lipinski definition) is 2. The number of nitrogens with one attached hydrogen (secondary N) is 2. The maximum atomic E-state index is 13.6. The minimum Gasteiger partial charge on any atom is -0.330 e. The predicted octanol–water partition coefficient (Wildman–Crippen LogP) is 5.44. The second-order valence-electron chi connectivity index (χ2n) is 5.38. The molecule has 3 aromatic rings. The Morgan fingerprint density at radius 2 is 2.04 bits per heavy atom. The van der Waals surface area contributed by atoms with Crippen molar-refractivity contribution in [1.29, 1.82) is 0 Å². The summed E-state index contributed by atoms with van der Waals surface area (Å²) < 4.78 is 28.1. The number of amides is 1. The van der Waals surface area contributed by atoms with Crippen molar-refractivity contribution in [1.82, 2.24) is 10.2 Å². The molecular formula is C17H13BrF2N4OS2. The first kappa shape index (κ1) is 19.7. The molecule has 0 saturated heterocycles. The van der Waals surface area contributed by atoms with Crippen LogP contribution in [0.4, 0.5) is 25.3 Å². The van der Waals surface area contributed by atoms with Gasteiger partial charge >= 0.3 is 0 Å². The second kappa shape index (κ2) is 8.77. The van der Waals surface area contributed by atoms with Crippen LogP contribution in [0.2, 0.25) is 0 Å². The molecule has 0 spiro atoms. The maximum Gasteiger partial charge on any atom is 0.237 e. The molecule has 3 rings (SSSR count). The highest BCUT2D eigenvalue weighted by Gasteiger charge is 2.19. The maximum absolute atomic E-state index is 13.6. The van der Waals surface area contributed by atoms with E-state index in [9.17, 15) is 13.6 Å². The van der Waals surface area contributed by atoms with Crippen LogP contribution in [0.25, 0.3) is 0 Å². The molecule has 1 heterocycles. The predicted molar refractivity (Wildman–Crippen MR) is 108 cm³/mol. The molecule has 0 saturated carbocycles. The Morgan fingerprint density at radius 1 is 1.22 bits per heavy atom. The molecule has 0 bridgehead atoms. The van der Waals surface area contributed by atoms with Gasteiger partial charge in [-0.3, -0.25) is 4.79 Å². The van der Waals surface area contributed by atoms with Gasteiger partial charge in [-0.25, -0.2) is 8.78 Å². The van der Waals surface area contributed by atoms with E-state index in [1.807, 2.05) is 24.3 Å². The minimum atomic E-state index is -0.822. The zero-order valence-electron chi connectivity index (χ0n) is 13.9. The Kier molecular flexibility index (Phi) is 6.40. The third kappa shape index (κ3) is 5.47. The lowest BCUT2D eigenvalue weighted by Crippen LogP contribution is -2.22. The van der Waals surface area contributed by atoms with Gasteiger partial charge in [0.25, 0.3) is 0 Å². The Labute approximate surface area is 170 Å². The van der Waals surface area contributed by atoms with Crippen molar-refractivity contribution in [2.45, 2.75) is 16.5 Å². The summed E-state index contributed by atoms with van der Waals surface area (Å²) in [7, 11) is 0. The smallest absolute Gasteiger partial charge is 0.237 e. The van der Waals surface area contributed by atoms with Crippen LogP contribution in [0.3, 0.4) is 0 Å². The van der Waals surface area contributed by atoms with Crippen molar-refractivity contribution >= 4 is 61.4 Å². The summed E-state index contributed by atoms with van der Waals surface area (Å²) in [4.78, 5) is 12.2. The number of halogens is 3. The molecule has 0 radical (unpaired) electrons. The van der Waals surface area contributed by atoms with Gasteiger partial charge in [-0.15, -0.1) is 10.2 Å². The molecule has 0 aliphatic heterocycles. The number of anilines is 3. The average molecular weight is 471 g/mol. The summed E-state index contributed by atoms with van der Waals surface area (Å²) in [6.45, 7) is 1.67. The van der Waals surface area contributed by atoms with Crippen molar-refractivity contribution < 1.29 is 13.6 Å². The molecule has 0 fully saturated rings. The molecule has 2 N–H and O–H groups in total. The molecule has 1 amide bonds. The van der Waals surface area contributed by atoms with Crippen LogP contribution in [0, 0.1) is 11.6 Å². The minimum absolute atomic E-state index is 0.0666. The SMILES string of the molecule is CC(Sc1nnc(Nc2cccc(Br)c2)s1)C(=O)Nc1ccc(F)cc1F. The largest absolute Gasteiger partial charge is 0.330 e. The molecule has 10 heteroatoms. The number of hydrogen-bond acceptors (Lipinski definition) is 6. The highest BCUT2D eigenvalue weighted by Crippen LogP contribution is 2.31. The van der Waals surface area contributed by atoms with Gasteiger partial charge in [-0.2, -0.15) is 0 Å². The summed E-state index contributed by atoms with van der Waals surface area (Å²) in [6, 6.07) is 10.6. The van der Waals surface area contributed by atoms with Gasteiger partial charge < -0.3 is 10.6 Å². The van der Waals surface area contributed by atoms with Gasteiger partial charge in [-0.05, 0) is 37.3 Å². The molecule has 1 unspecified atom stereocenters. The van der Waals surface area contributed by atoms with E-state index < -0.39 is 22.8 Å². The quantitative estimate of drug-likeness (QED) is 0.469. The standard InChI is InChI=1S/C17H13BrF2N4OS2/c1-9(15(25)22-14-6-5-11(19)8-13(14)20)26-17-24-23-16(27-17)21-12-4-2-3-10(18)7-12/h2-9H,1H3,(H,21,23)(H,22,25). The lowest BCUT2D eigenvalue weighted by molar-refractivity contribution is -0.115. The first-order valence-corrected chi connectivity index (χ1v) is 10.2. The van der Waals surface area contributed by atoms with Crippen molar-refractivity contribution in [3.8, 4) is 0 Å². The summed E-state index contributed by atoms with van der Waals surface area (Å²) in [5.74, 6) is -1.94. The van der Waals surface area contributed by atoms with Crippen LogP contribution in [-0.4, -0.2) is 21.4 Å². The zero-order chi connectivity index (χ0) is 19.4. The molecule has 27 heavy (non-hydrogen) atoms. The fraction of sp³-hybridized carbons (Fsp3) is 0.118. The Bertz CT molecular complexity index is 970. The Hall–Kier alpha value is -2.04. The van der Waals surface area contributed by atoms with E-state index in [4.69, 9.17) is 0 Å². The summed E-state index contributed by atoms with van der Waals surface area (Å²) in [5.41, 5.74) is 0.790. The fourth-order valence-corrected chi connectivity index (χ4v) is 4.34. The van der Waals surface area contributed by atoms with Crippen LogP contribution in [0.5, 0.6) is 0 Å². The Morgan fingerprint density at radius 3 is 2.78 bits per heavy atom. The van der Waals surface area contributed by atoms with E-state index in [-0.39, 0.29) is 5.69 Å². The molecule has 1 aromatic heterocycles. The summed E-state index contributed by atoms with van der Waals surface area (Å²) in [5, 5.41) is 13.7. The van der Waals surface area contributed by atoms with Gasteiger partial charge in [0.05, 0.1) is 10.9 Å². The van der Waals surface area contributed by atoms with E-state index in [0.29, 0.717) is 9.47 Å². The number of rotatable bonds is 6. The van der Waals surface area contributed by atoms with Gasteiger partial charge in [0.1, 0.15) is 11.6 Å². The molecule has 2 aromatic carbocycles. The van der Waals surface area contributed by atoms with Gasteiger partial charge in [-0.1, -0.05) is 45.1 Å². The molecule has 0 aliphatic carbocycles. The molecule has 0 aliphatic rings. The number of thioether (sulfide) groups is 1. The molecule has 1 atom stereocenters. The third-order valence-electron chi connectivity index (χ3n) is 3.32. The van der Waals surface area contributed by atoms with Crippen LogP contribution in [-0.2, 0) is 4.79 Å². The van der Waals surface area contributed by atoms with E-state index in [2.05, 4.69) is 36.8 Å². The highest BCUT2D eigenvalue weighted by molar-refractivity contribution is 9.10. The summed E-state index contributed by atoms with van der Waals surface area (Å²) >= 11 is 5.90. The van der Waals surface area contributed by atoms with Gasteiger partial charge in [0.2, 0.25) is 11.0 Å². The van der Waals surface area contributed by atoms with Crippen LogP contribution < -0.4 is 10.6 Å². The zero-order valence-corrected chi connectivity index (χ0v) is 17.1. The van der Waals surface area contributed by atoms with E-state index in [1.54, 1.807) is 6.92 Å². The van der Waals surface area contributed by atoms with Crippen molar-refractivity contribution in [2.75, 3.05) is 10.6 Å². The van der Waals surface area contributed by atoms with Gasteiger partial charge in [0.15, 0.2) is 4.34 Å². The van der Waals surface area contributed by atoms with Crippen molar-refractivity contribution in [2.24, 2.45) is 0 Å². The van der Waals surface area contributed by atoms with Crippen LogP contribution >= 0.6 is 39.0 Å².